The first kappa shape index (κ1) is 17.7. The molecule has 1 aromatic carbocycles. The zero-order valence-electron chi connectivity index (χ0n) is 14.5. The standard InChI is InChI=1S/C19H27N3O3/c20-12-18(23)22(15-10-11-15)17-9-5-4-8-16(17)21-19(24)25-13-14-6-2-1-3-7-14/h1-3,6-7,15-17H,4-5,8-13,20H2,(H,21,24). The summed E-state index contributed by atoms with van der Waals surface area (Å²) in [5.74, 6) is -0.0150. The van der Waals surface area contributed by atoms with E-state index in [1.54, 1.807) is 0 Å². The van der Waals surface area contributed by atoms with Crippen molar-refractivity contribution in [2.75, 3.05) is 6.54 Å². The minimum absolute atomic E-state index is 0.0150. The first-order valence-corrected chi connectivity index (χ1v) is 9.17. The van der Waals surface area contributed by atoms with E-state index in [0.717, 1.165) is 44.1 Å². The quantitative estimate of drug-likeness (QED) is 0.827. The molecule has 0 saturated heterocycles. The smallest absolute Gasteiger partial charge is 0.407 e. The van der Waals surface area contributed by atoms with E-state index < -0.39 is 6.09 Å². The normalized spacial score (nSPS) is 22.9. The molecule has 136 valence electrons. The summed E-state index contributed by atoms with van der Waals surface area (Å²) in [6, 6.07) is 9.87. The van der Waals surface area contributed by atoms with Gasteiger partial charge in [0.05, 0.1) is 18.6 Å². The van der Waals surface area contributed by atoms with Crippen LogP contribution < -0.4 is 11.1 Å². The number of nitrogens with zero attached hydrogens (tertiary/aromatic N) is 1. The molecular formula is C19H27N3O3. The SMILES string of the molecule is NCC(=O)N(C1CC1)C1CCCCC1NC(=O)OCc1ccccc1. The number of ether oxygens (including phenoxy) is 1. The number of carbonyl (C=O) groups is 2. The Kier molecular flexibility index (Phi) is 5.91. The number of rotatable bonds is 6. The van der Waals surface area contributed by atoms with Crippen LogP contribution in [0.4, 0.5) is 4.79 Å². The fourth-order valence-corrected chi connectivity index (χ4v) is 3.65. The fourth-order valence-electron chi connectivity index (χ4n) is 3.65. The maximum atomic E-state index is 12.3. The van der Waals surface area contributed by atoms with Crippen LogP contribution in [0.5, 0.6) is 0 Å². The second-order valence-corrected chi connectivity index (χ2v) is 6.90. The lowest BCUT2D eigenvalue weighted by Gasteiger charge is -2.40. The molecule has 0 heterocycles. The van der Waals surface area contributed by atoms with Crippen LogP contribution >= 0.6 is 0 Å². The maximum Gasteiger partial charge on any atom is 0.407 e. The average molecular weight is 345 g/mol. The van der Waals surface area contributed by atoms with Gasteiger partial charge in [-0.2, -0.15) is 0 Å². The molecule has 1 aromatic rings. The van der Waals surface area contributed by atoms with E-state index in [1.807, 2.05) is 35.2 Å². The number of carbonyl (C=O) groups excluding carboxylic acids is 2. The molecule has 2 aliphatic carbocycles. The molecule has 3 rings (SSSR count). The number of hydrogen-bond donors (Lipinski definition) is 2. The van der Waals surface area contributed by atoms with Crippen LogP contribution in [0.2, 0.25) is 0 Å². The number of benzene rings is 1. The van der Waals surface area contributed by atoms with E-state index in [2.05, 4.69) is 5.32 Å². The summed E-state index contributed by atoms with van der Waals surface area (Å²) in [6.45, 7) is 0.274. The predicted octanol–water partition coefficient (Wildman–Crippen LogP) is 2.17. The summed E-state index contributed by atoms with van der Waals surface area (Å²) >= 11 is 0. The zero-order valence-corrected chi connectivity index (χ0v) is 14.5. The monoisotopic (exact) mass is 345 g/mol. The molecule has 2 unspecified atom stereocenters. The van der Waals surface area contributed by atoms with Crippen molar-refractivity contribution in [1.82, 2.24) is 10.2 Å². The largest absolute Gasteiger partial charge is 0.445 e. The summed E-state index contributed by atoms with van der Waals surface area (Å²) in [7, 11) is 0. The van der Waals surface area contributed by atoms with Gasteiger partial charge in [0, 0.05) is 6.04 Å². The van der Waals surface area contributed by atoms with E-state index in [-0.39, 0.29) is 31.1 Å². The Morgan fingerprint density at radius 1 is 1.12 bits per heavy atom. The van der Waals surface area contributed by atoms with Crippen molar-refractivity contribution in [3.8, 4) is 0 Å². The highest BCUT2D eigenvalue weighted by molar-refractivity contribution is 5.79. The van der Waals surface area contributed by atoms with Crippen molar-refractivity contribution in [1.29, 1.82) is 0 Å². The van der Waals surface area contributed by atoms with E-state index >= 15 is 0 Å². The van der Waals surface area contributed by atoms with Crippen LogP contribution in [-0.2, 0) is 16.1 Å². The van der Waals surface area contributed by atoms with Crippen LogP contribution in [0.1, 0.15) is 44.1 Å². The van der Waals surface area contributed by atoms with Gasteiger partial charge in [0.1, 0.15) is 6.61 Å². The highest BCUT2D eigenvalue weighted by Crippen LogP contribution is 2.34. The van der Waals surface area contributed by atoms with Crippen molar-refractivity contribution in [2.24, 2.45) is 5.73 Å². The highest BCUT2D eigenvalue weighted by Gasteiger charge is 2.41. The van der Waals surface area contributed by atoms with E-state index in [9.17, 15) is 9.59 Å². The molecule has 0 aromatic heterocycles. The van der Waals surface area contributed by atoms with Crippen LogP contribution in [-0.4, -0.2) is 41.6 Å². The maximum absolute atomic E-state index is 12.3. The van der Waals surface area contributed by atoms with Gasteiger partial charge < -0.3 is 20.7 Å². The zero-order chi connectivity index (χ0) is 17.6. The fraction of sp³-hybridized carbons (Fsp3) is 0.579. The molecule has 0 aliphatic heterocycles. The lowest BCUT2D eigenvalue weighted by molar-refractivity contribution is -0.134. The molecule has 2 saturated carbocycles. The van der Waals surface area contributed by atoms with Gasteiger partial charge in [0.2, 0.25) is 5.91 Å². The minimum Gasteiger partial charge on any atom is -0.445 e. The van der Waals surface area contributed by atoms with E-state index in [0.29, 0.717) is 6.04 Å². The number of amides is 2. The Morgan fingerprint density at radius 3 is 2.52 bits per heavy atom. The molecule has 2 atom stereocenters. The second kappa shape index (κ2) is 8.34. The minimum atomic E-state index is -0.420. The number of nitrogens with two attached hydrogens (primary N) is 1. The molecule has 0 radical (unpaired) electrons. The number of hydrogen-bond acceptors (Lipinski definition) is 4. The Labute approximate surface area is 148 Å². The van der Waals surface area contributed by atoms with E-state index in [4.69, 9.17) is 10.5 Å². The summed E-state index contributed by atoms with van der Waals surface area (Å²) in [4.78, 5) is 26.4. The molecule has 2 amide bonds. The summed E-state index contributed by atoms with van der Waals surface area (Å²) < 4.78 is 5.34. The van der Waals surface area contributed by atoms with Crippen molar-refractivity contribution in [3.63, 3.8) is 0 Å². The third kappa shape index (κ3) is 4.72. The summed E-state index contributed by atoms with van der Waals surface area (Å²) in [5, 5.41) is 2.99. The topological polar surface area (TPSA) is 84.7 Å². The third-order valence-electron chi connectivity index (χ3n) is 5.01. The third-order valence-corrected chi connectivity index (χ3v) is 5.01. The molecule has 3 N–H and O–H groups in total. The second-order valence-electron chi connectivity index (χ2n) is 6.90. The number of nitrogens with one attached hydrogen (secondary N) is 1. The van der Waals surface area contributed by atoms with Gasteiger partial charge in [-0.25, -0.2) is 4.79 Å². The van der Waals surface area contributed by atoms with Gasteiger partial charge in [-0.05, 0) is 31.2 Å². The van der Waals surface area contributed by atoms with Crippen molar-refractivity contribution < 1.29 is 14.3 Å². The molecule has 0 spiro atoms. The molecule has 0 bridgehead atoms. The van der Waals surface area contributed by atoms with Crippen molar-refractivity contribution >= 4 is 12.0 Å². The highest BCUT2D eigenvalue weighted by atomic mass is 16.5. The molecule has 2 fully saturated rings. The van der Waals surface area contributed by atoms with Gasteiger partial charge in [-0.15, -0.1) is 0 Å². The lowest BCUT2D eigenvalue weighted by Crippen LogP contribution is -2.56. The summed E-state index contributed by atoms with van der Waals surface area (Å²) in [6.07, 6.45) is 5.55. The molecule has 25 heavy (non-hydrogen) atoms. The van der Waals surface area contributed by atoms with Crippen molar-refractivity contribution in [2.45, 2.75) is 63.3 Å². The Hall–Kier alpha value is -2.08. The van der Waals surface area contributed by atoms with Gasteiger partial charge >= 0.3 is 6.09 Å². The molecular weight excluding hydrogens is 318 g/mol. The van der Waals surface area contributed by atoms with Crippen LogP contribution in [0, 0.1) is 0 Å². The van der Waals surface area contributed by atoms with Crippen LogP contribution in [0.3, 0.4) is 0 Å². The Morgan fingerprint density at radius 2 is 1.84 bits per heavy atom. The first-order valence-electron chi connectivity index (χ1n) is 9.17. The predicted molar refractivity (Wildman–Crippen MR) is 94.7 cm³/mol. The Balaban J connectivity index is 1.58. The van der Waals surface area contributed by atoms with Crippen molar-refractivity contribution in [3.05, 3.63) is 35.9 Å². The van der Waals surface area contributed by atoms with Crippen LogP contribution in [0.25, 0.3) is 0 Å². The van der Waals surface area contributed by atoms with Gasteiger partial charge in [-0.3, -0.25) is 4.79 Å². The molecule has 2 aliphatic rings. The van der Waals surface area contributed by atoms with Gasteiger partial charge in [0.15, 0.2) is 0 Å². The van der Waals surface area contributed by atoms with Crippen LogP contribution in [0.15, 0.2) is 30.3 Å². The van der Waals surface area contributed by atoms with Gasteiger partial charge in [0.25, 0.3) is 0 Å². The number of alkyl carbamates (subject to hydrolysis) is 1. The summed E-state index contributed by atoms with van der Waals surface area (Å²) in [5.41, 5.74) is 6.56. The Bertz CT molecular complexity index is 589. The van der Waals surface area contributed by atoms with Gasteiger partial charge in [-0.1, -0.05) is 43.2 Å². The lowest BCUT2D eigenvalue weighted by atomic mass is 9.89. The first-order chi connectivity index (χ1) is 12.2. The molecule has 6 nitrogen and oxygen atoms in total. The molecule has 6 heteroatoms. The van der Waals surface area contributed by atoms with E-state index in [1.165, 1.54) is 0 Å². The average Bonchev–Trinajstić information content (AvgIpc) is 3.47.